The average molecular weight is 1630 g/mol. The molecule has 4 aromatic heterocycles. The number of hydrogen-bond donors (Lipinski definition) is 1. The molecule has 70 heavy (non-hydrogen) atoms. The molecule has 2 N–H and O–H groups in total. The van der Waals surface area contributed by atoms with Gasteiger partial charge in [0.15, 0.2) is 0 Å². The first-order valence-corrected chi connectivity index (χ1v) is 29.0. The summed E-state index contributed by atoms with van der Waals surface area (Å²) in [5.74, 6) is 0.384. The zero-order valence-electron chi connectivity index (χ0n) is 38.0. The van der Waals surface area contributed by atoms with Gasteiger partial charge in [0.25, 0.3) is 0 Å². The molecule has 0 aliphatic carbocycles. The molecule has 1 aliphatic heterocycles. The van der Waals surface area contributed by atoms with Crippen molar-refractivity contribution >= 4 is 182 Å². The fourth-order valence-electron chi connectivity index (χ4n) is 6.54. The van der Waals surface area contributed by atoms with Crippen molar-refractivity contribution in [2.75, 3.05) is 8.17 Å². The van der Waals surface area contributed by atoms with Crippen LogP contribution >= 0.6 is 164 Å². The molecular weight excluding hydrogens is 1580 g/mol. The maximum Gasteiger partial charge on any atom is 0.496 e. The Bertz CT molecular complexity index is 3020. The van der Waals surface area contributed by atoms with Gasteiger partial charge < -0.3 is 28.7 Å². The molecule has 1 saturated heterocycles. The van der Waals surface area contributed by atoms with Crippen LogP contribution in [0.5, 0.6) is 0 Å². The van der Waals surface area contributed by atoms with Gasteiger partial charge in [0.1, 0.15) is 47.4 Å². The highest BCUT2D eigenvalue weighted by atomic mass is 127. The minimum atomic E-state index is -0.497. The molecule has 7 aromatic rings. The molecule has 5 heterocycles. The highest BCUT2D eigenvalue weighted by Crippen LogP contribution is 2.37. The summed E-state index contributed by atoms with van der Waals surface area (Å²) in [4.78, 5) is 8.07. The topological polar surface area (TPSA) is 156 Å². The molecule has 11 nitrogen and oxygen atoms in total. The summed E-state index contributed by atoms with van der Waals surface area (Å²) in [6, 6.07) is 30.4. The summed E-state index contributed by atoms with van der Waals surface area (Å²) in [6.45, 7) is 14.0. The van der Waals surface area contributed by atoms with Gasteiger partial charge in [-0.15, -0.1) is 0 Å². The number of alkyl halides is 5. The van der Waals surface area contributed by atoms with Crippen molar-refractivity contribution in [3.8, 4) is 46.5 Å². The molecule has 0 bridgehead atoms. The van der Waals surface area contributed by atoms with Gasteiger partial charge in [-0.25, -0.2) is 9.97 Å². The number of halogens is 9. The summed E-state index contributed by atoms with van der Waals surface area (Å²) in [5.41, 5.74) is 14.5. The van der Waals surface area contributed by atoms with E-state index in [1.165, 1.54) is 8.76 Å². The van der Waals surface area contributed by atoms with Gasteiger partial charge in [0, 0.05) is 55.2 Å². The van der Waals surface area contributed by atoms with Crippen LogP contribution in [-0.2, 0) is 9.31 Å². The lowest BCUT2D eigenvalue weighted by atomic mass is 9.81. The molecular formula is C49H47BBrCl3I5N9O2. The van der Waals surface area contributed by atoms with E-state index in [9.17, 15) is 10.5 Å². The van der Waals surface area contributed by atoms with Crippen LogP contribution in [0.15, 0.2) is 108 Å². The lowest BCUT2D eigenvalue weighted by molar-refractivity contribution is 0.00578. The van der Waals surface area contributed by atoms with Crippen molar-refractivity contribution in [2.24, 2.45) is 0 Å². The molecule has 0 amide bonds. The fourth-order valence-corrected chi connectivity index (χ4v) is 7.46. The highest BCUT2D eigenvalue weighted by Gasteiger charge is 2.52. The quantitative estimate of drug-likeness (QED) is 0.101. The van der Waals surface area contributed by atoms with E-state index in [0.717, 1.165) is 49.2 Å². The number of nitrogens with two attached hydrogens (primary N) is 1. The number of nitriles is 3. The summed E-state index contributed by atoms with van der Waals surface area (Å²) in [5, 5.41) is 29.8. The van der Waals surface area contributed by atoms with Crippen molar-refractivity contribution in [3.63, 3.8) is 0 Å². The van der Waals surface area contributed by atoms with E-state index in [1.807, 2.05) is 137 Å². The number of aryl methyl sites for hydroxylation is 3. The zero-order valence-corrected chi connectivity index (χ0v) is 52.7. The highest BCUT2D eigenvalue weighted by molar-refractivity contribution is 14.3. The smallest absolute Gasteiger partial charge is 0.399 e. The Morgan fingerprint density at radius 2 is 1.04 bits per heavy atom. The van der Waals surface area contributed by atoms with Gasteiger partial charge >= 0.3 is 7.12 Å². The Kier molecular flexibility index (Phi) is 25.3. The fraction of sp³-hybridized carbons (Fsp3) is 0.245. The summed E-state index contributed by atoms with van der Waals surface area (Å²) >= 11 is 33.0. The van der Waals surface area contributed by atoms with Crippen molar-refractivity contribution < 1.29 is 9.31 Å². The van der Waals surface area contributed by atoms with E-state index in [1.54, 1.807) is 22.8 Å². The van der Waals surface area contributed by atoms with Gasteiger partial charge in [-0.1, -0.05) is 173 Å². The lowest BCUT2D eigenvalue weighted by Crippen LogP contribution is -2.41. The van der Waals surface area contributed by atoms with Gasteiger partial charge in [0.2, 0.25) is 0 Å². The molecule has 8 rings (SSSR count). The molecule has 0 unspecified atom stereocenters. The van der Waals surface area contributed by atoms with Crippen LogP contribution in [0.2, 0.25) is 15.1 Å². The van der Waals surface area contributed by atoms with E-state index in [4.69, 9.17) is 55.1 Å². The predicted octanol–water partition coefficient (Wildman–Crippen LogP) is 16.1. The van der Waals surface area contributed by atoms with Gasteiger partial charge in [0.05, 0.1) is 36.4 Å². The summed E-state index contributed by atoms with van der Waals surface area (Å²) in [7, 11) is -0.497. The molecule has 0 spiro atoms. The van der Waals surface area contributed by atoms with Crippen LogP contribution in [0.1, 0.15) is 68.9 Å². The van der Waals surface area contributed by atoms with Gasteiger partial charge in [-0.3, -0.25) is 0 Å². The number of rotatable bonds is 5. The number of anilines is 1. The summed E-state index contributed by atoms with van der Waals surface area (Å²) in [6.07, 6.45) is 6.99. The normalized spacial score (nSPS) is 12.7. The summed E-state index contributed by atoms with van der Waals surface area (Å²) < 4.78 is 20.4. The van der Waals surface area contributed by atoms with Crippen LogP contribution < -0.4 is 11.2 Å². The Morgan fingerprint density at radius 3 is 1.46 bits per heavy atom. The molecule has 0 atom stereocenters. The van der Waals surface area contributed by atoms with Crippen molar-refractivity contribution in [3.05, 3.63) is 157 Å². The average Bonchev–Trinajstić information content (AvgIpc) is 4.06. The molecule has 21 heteroatoms. The Labute approximate surface area is 503 Å². The number of aromatic nitrogens is 5. The number of nitrogen functional groups attached to an aromatic ring is 1. The second-order valence-electron chi connectivity index (χ2n) is 15.8. The molecule has 3 aromatic carbocycles. The van der Waals surface area contributed by atoms with Gasteiger partial charge in [-0.05, 0) is 136 Å². The van der Waals surface area contributed by atoms with Crippen LogP contribution in [0, 0.1) is 54.8 Å². The molecule has 1 aliphatic rings. The number of benzene rings is 3. The van der Waals surface area contributed by atoms with Gasteiger partial charge in [-0.2, -0.15) is 15.8 Å². The zero-order chi connectivity index (χ0) is 51.4. The van der Waals surface area contributed by atoms with E-state index in [2.05, 4.69) is 157 Å². The van der Waals surface area contributed by atoms with Crippen LogP contribution in [0.3, 0.4) is 0 Å². The first-order chi connectivity index (χ1) is 32.5. The maximum atomic E-state index is 9.52. The molecule has 0 radical (unpaired) electrons. The van der Waals surface area contributed by atoms with E-state index in [-0.39, 0.29) is 7.43 Å². The van der Waals surface area contributed by atoms with E-state index >= 15 is 0 Å². The lowest BCUT2D eigenvalue weighted by Gasteiger charge is -2.32. The predicted molar refractivity (Wildman–Crippen MR) is 335 cm³/mol. The minimum Gasteiger partial charge on any atom is -0.399 e. The van der Waals surface area contributed by atoms with Crippen LogP contribution in [0.25, 0.3) is 28.3 Å². The molecule has 1 fully saturated rings. The Hall–Kier alpha value is -2.17. The molecule has 366 valence electrons. The van der Waals surface area contributed by atoms with Crippen LogP contribution in [-0.4, -0.2) is 44.4 Å². The van der Waals surface area contributed by atoms with Crippen molar-refractivity contribution in [1.82, 2.24) is 23.7 Å². The van der Waals surface area contributed by atoms with Crippen molar-refractivity contribution in [1.29, 1.82) is 15.8 Å². The Balaban J connectivity index is 0.000000262. The van der Waals surface area contributed by atoms with E-state index < -0.39 is 18.3 Å². The largest absolute Gasteiger partial charge is 0.496 e. The Morgan fingerprint density at radius 1 is 0.657 bits per heavy atom. The van der Waals surface area contributed by atoms with Crippen molar-refractivity contribution in [2.45, 2.75) is 67.0 Å². The first-order valence-electron chi connectivity index (χ1n) is 20.3. The number of nitrogens with zero attached hydrogens (tertiary/aromatic N) is 8. The van der Waals surface area contributed by atoms with E-state index in [0.29, 0.717) is 43.7 Å². The maximum absolute atomic E-state index is 9.52. The second-order valence-corrected chi connectivity index (χ2v) is 33.4. The monoisotopic (exact) mass is 1620 g/mol. The number of hydrogen-bond acceptors (Lipinski definition) is 8. The first kappa shape index (κ1) is 62.1. The second kappa shape index (κ2) is 28.5. The third-order valence-corrected chi connectivity index (χ3v) is 11.7. The molecule has 0 saturated carbocycles. The third kappa shape index (κ3) is 16.9. The van der Waals surface area contributed by atoms with Crippen LogP contribution in [0.4, 0.5) is 5.82 Å². The third-order valence-electron chi connectivity index (χ3n) is 10.6. The minimum absolute atomic E-state index is 0. The standard InChI is InChI=1S/C18H20BClN2O2.C16H12ClN5.C12H8BrClN2.CHI3.CH2I2.CH4/c1-12-6-7-14(20)9-16(12)22-11-13(8-15(22)10-21)19-23-17(2,3)18(4,5)24-19;1-10-2-3-12(17)5-15(10)22-8-11(4-13(22)7-18)14-6-16(19)21-9-20-14;1-8-2-3-10(14)5-12(8)16-7-9(13)4-11(16)6-15;2-1(3)4;2-1-3;/h6-9,11H,1-5H3;2-6,8-9H,1H3,(H2,19,20,21);2-5,7H,1H3;1H;1H2;1H4. The SMILES string of the molecule is C.Cc1ccc(Cl)cc1-n1cc(-c2cc(N)ncn2)cc1C#N.Cc1ccc(Cl)cc1-n1cc(B2OC(C)(C)C(C)(C)O2)cc1C#N.Cc1ccc(Cl)cc1-n1cc(Br)cc1C#N.IC(I)I.ICI.